The fraction of sp³-hybridized carbons (Fsp3) is 0.515. The van der Waals surface area contributed by atoms with Crippen molar-refractivity contribution in [3.63, 3.8) is 0 Å². The molecule has 9 nitrogen and oxygen atoms in total. The summed E-state index contributed by atoms with van der Waals surface area (Å²) in [6, 6.07) is 0. The van der Waals surface area contributed by atoms with Crippen LogP contribution in [-0.4, -0.2) is 49.3 Å². The second kappa shape index (κ2) is 29.3. The number of carbonyl (C=O) groups excluding carboxylic acids is 2. The summed E-state index contributed by atoms with van der Waals surface area (Å²) in [5.74, 6) is -0.975. The Morgan fingerprint density at radius 2 is 1.33 bits per heavy atom. The first kappa shape index (κ1) is 40.2. The molecule has 0 aliphatic heterocycles. The van der Waals surface area contributed by atoms with E-state index in [0.717, 1.165) is 32.1 Å². The smallest absolute Gasteiger partial charge is 0.462 e. The number of carbonyl (C=O) groups is 2. The van der Waals surface area contributed by atoms with Crippen LogP contribution in [0.5, 0.6) is 0 Å². The van der Waals surface area contributed by atoms with Gasteiger partial charge < -0.3 is 20.1 Å². The number of rotatable bonds is 26. The molecule has 10 heteroatoms. The van der Waals surface area contributed by atoms with Gasteiger partial charge in [0.15, 0.2) is 6.10 Å². The molecular weight excluding hydrogens is 569 g/mol. The molecule has 0 aliphatic rings. The fourth-order valence-corrected chi connectivity index (χ4v) is 3.99. The van der Waals surface area contributed by atoms with Crippen molar-refractivity contribution >= 4 is 19.8 Å². The highest BCUT2D eigenvalue weighted by Crippen LogP contribution is 2.43. The van der Waals surface area contributed by atoms with Crippen molar-refractivity contribution in [1.82, 2.24) is 0 Å². The summed E-state index contributed by atoms with van der Waals surface area (Å²) < 4.78 is 32.3. The Morgan fingerprint density at radius 3 is 2.00 bits per heavy atom. The zero-order chi connectivity index (χ0) is 31.9. The lowest BCUT2D eigenvalue weighted by Gasteiger charge is -2.19. The Labute approximate surface area is 258 Å². The lowest BCUT2D eigenvalue weighted by molar-refractivity contribution is -0.161. The van der Waals surface area contributed by atoms with Crippen molar-refractivity contribution in [2.75, 3.05) is 26.4 Å². The van der Waals surface area contributed by atoms with Gasteiger partial charge in [0.2, 0.25) is 0 Å². The van der Waals surface area contributed by atoms with Crippen LogP contribution in [0.3, 0.4) is 0 Å². The highest BCUT2D eigenvalue weighted by Gasteiger charge is 2.25. The molecule has 2 unspecified atom stereocenters. The molecule has 0 saturated carbocycles. The maximum Gasteiger partial charge on any atom is 0.472 e. The number of unbranched alkanes of at least 4 members (excludes halogenated alkanes) is 3. The standard InChI is InChI=1S/C33H52NO8P/c1-3-5-7-9-11-13-14-15-16-18-20-22-24-26-33(36)42-31(30-41-43(37,38)40-28-27-34)29-39-32(35)25-23-21-19-17-12-10-8-6-4-2/h5-9,11-18,20,31H,3-4,10,19,21-30,34H2,1-2H3,(H,37,38)/b7-5+,8-6+,11-9+,14-13+,16-15+,17-12+,20-18+. The first-order valence-corrected chi connectivity index (χ1v) is 16.6. The van der Waals surface area contributed by atoms with Crippen molar-refractivity contribution in [3.05, 3.63) is 85.1 Å². The van der Waals surface area contributed by atoms with E-state index in [2.05, 4.69) is 44.2 Å². The van der Waals surface area contributed by atoms with Crippen LogP contribution >= 0.6 is 7.82 Å². The summed E-state index contributed by atoms with van der Waals surface area (Å²) in [6.07, 6.45) is 33.7. The minimum atomic E-state index is -4.39. The lowest BCUT2D eigenvalue weighted by Crippen LogP contribution is -2.29. The van der Waals surface area contributed by atoms with Crippen molar-refractivity contribution in [2.45, 2.75) is 84.2 Å². The molecule has 0 rings (SSSR count). The first-order valence-electron chi connectivity index (χ1n) is 15.1. The molecule has 43 heavy (non-hydrogen) atoms. The fourth-order valence-electron chi connectivity index (χ4n) is 3.23. The van der Waals surface area contributed by atoms with E-state index in [1.807, 2.05) is 54.7 Å². The van der Waals surface area contributed by atoms with Crippen LogP contribution in [0.25, 0.3) is 0 Å². The number of hydrogen-bond donors (Lipinski definition) is 2. The van der Waals surface area contributed by atoms with E-state index in [1.165, 1.54) is 0 Å². The average molecular weight is 622 g/mol. The molecule has 0 radical (unpaired) electrons. The normalized spacial score (nSPS) is 14.8. The molecule has 0 saturated heterocycles. The van der Waals surface area contributed by atoms with E-state index in [4.69, 9.17) is 24.3 Å². The molecule has 242 valence electrons. The summed E-state index contributed by atoms with van der Waals surface area (Å²) in [5.41, 5.74) is 5.29. The SMILES string of the molecule is CC/C=C/C=C/C=C/C=C/C=C/CCCC(=O)OC(COC(=O)CCCC/C=C/C/C=C/CC)COP(=O)(O)OCCN. The van der Waals surface area contributed by atoms with E-state index in [0.29, 0.717) is 19.3 Å². The highest BCUT2D eigenvalue weighted by atomic mass is 31.2. The van der Waals surface area contributed by atoms with Crippen molar-refractivity contribution in [2.24, 2.45) is 5.73 Å². The molecule has 0 spiro atoms. The van der Waals surface area contributed by atoms with Gasteiger partial charge in [0, 0.05) is 19.4 Å². The highest BCUT2D eigenvalue weighted by molar-refractivity contribution is 7.47. The Hall–Kier alpha value is -2.81. The van der Waals surface area contributed by atoms with Crippen LogP contribution in [0.4, 0.5) is 0 Å². The van der Waals surface area contributed by atoms with Crippen LogP contribution in [0, 0.1) is 0 Å². The lowest BCUT2D eigenvalue weighted by atomic mass is 10.2. The number of esters is 2. The van der Waals surface area contributed by atoms with E-state index >= 15 is 0 Å². The van der Waals surface area contributed by atoms with Gasteiger partial charge in [-0.25, -0.2) is 4.57 Å². The van der Waals surface area contributed by atoms with E-state index in [9.17, 15) is 19.0 Å². The zero-order valence-electron chi connectivity index (χ0n) is 25.9. The molecule has 0 fully saturated rings. The average Bonchev–Trinajstić information content (AvgIpc) is 2.99. The van der Waals surface area contributed by atoms with Crippen LogP contribution < -0.4 is 5.73 Å². The van der Waals surface area contributed by atoms with Crippen molar-refractivity contribution in [3.8, 4) is 0 Å². The maximum atomic E-state index is 12.4. The van der Waals surface area contributed by atoms with Gasteiger partial charge in [0.1, 0.15) is 6.61 Å². The molecule has 0 heterocycles. The van der Waals surface area contributed by atoms with E-state index in [-0.39, 0.29) is 32.6 Å². The first-order chi connectivity index (χ1) is 20.8. The topological polar surface area (TPSA) is 134 Å². The second-order valence-corrected chi connectivity index (χ2v) is 10.8. The third-order valence-corrected chi connectivity index (χ3v) is 6.39. The third kappa shape index (κ3) is 29.1. The van der Waals surface area contributed by atoms with Gasteiger partial charge in [-0.2, -0.15) is 0 Å². The van der Waals surface area contributed by atoms with Gasteiger partial charge in [-0.1, -0.05) is 98.9 Å². The maximum absolute atomic E-state index is 12.4. The minimum absolute atomic E-state index is 0.0326. The van der Waals surface area contributed by atoms with Gasteiger partial charge in [-0.3, -0.25) is 18.6 Å². The summed E-state index contributed by atoms with van der Waals surface area (Å²) in [6.45, 7) is 3.26. The predicted octanol–water partition coefficient (Wildman–Crippen LogP) is 7.37. The third-order valence-electron chi connectivity index (χ3n) is 5.40. The minimum Gasteiger partial charge on any atom is -0.462 e. The quantitative estimate of drug-likeness (QED) is 0.0334. The molecule has 0 aromatic rings. The molecule has 0 bridgehead atoms. The van der Waals surface area contributed by atoms with Gasteiger partial charge >= 0.3 is 19.8 Å². The Bertz CT molecular complexity index is 981. The summed E-state index contributed by atoms with van der Waals surface area (Å²) in [4.78, 5) is 34.3. The zero-order valence-corrected chi connectivity index (χ0v) is 26.8. The van der Waals surface area contributed by atoms with E-state index < -0.39 is 32.5 Å². The van der Waals surface area contributed by atoms with Crippen LogP contribution in [0.1, 0.15) is 78.1 Å². The van der Waals surface area contributed by atoms with Crippen molar-refractivity contribution < 1.29 is 37.6 Å². The number of phosphoric acid groups is 1. The Morgan fingerprint density at radius 1 is 0.721 bits per heavy atom. The summed E-state index contributed by atoms with van der Waals surface area (Å²) >= 11 is 0. The number of nitrogens with two attached hydrogens (primary N) is 1. The predicted molar refractivity (Wildman–Crippen MR) is 173 cm³/mol. The molecule has 2 atom stereocenters. The van der Waals surface area contributed by atoms with Crippen molar-refractivity contribution in [1.29, 1.82) is 0 Å². The van der Waals surface area contributed by atoms with Crippen LogP contribution in [0.2, 0.25) is 0 Å². The monoisotopic (exact) mass is 621 g/mol. The Kier molecular flexibility index (Phi) is 27.4. The van der Waals surface area contributed by atoms with Gasteiger partial charge in [0.05, 0.1) is 13.2 Å². The Balaban J connectivity index is 4.57. The van der Waals surface area contributed by atoms with Gasteiger partial charge in [0.25, 0.3) is 0 Å². The molecule has 0 aliphatic carbocycles. The number of ether oxygens (including phenoxy) is 2. The number of phosphoric ester groups is 1. The molecular formula is C33H52NO8P. The summed E-state index contributed by atoms with van der Waals surface area (Å²) in [5, 5.41) is 0. The van der Waals surface area contributed by atoms with Crippen LogP contribution in [-0.2, 0) is 32.7 Å². The molecule has 0 aromatic carbocycles. The van der Waals surface area contributed by atoms with Gasteiger partial charge in [-0.05, 0) is 51.4 Å². The largest absolute Gasteiger partial charge is 0.472 e. The molecule has 0 amide bonds. The number of hydrogen-bond acceptors (Lipinski definition) is 8. The second-order valence-electron chi connectivity index (χ2n) is 9.33. The molecule has 0 aromatic heterocycles. The number of allylic oxidation sites excluding steroid dienone is 14. The van der Waals surface area contributed by atoms with E-state index in [1.54, 1.807) is 0 Å². The van der Waals surface area contributed by atoms with Gasteiger partial charge in [-0.15, -0.1) is 0 Å². The summed E-state index contributed by atoms with van der Waals surface area (Å²) in [7, 11) is -4.39. The molecule has 3 N–H and O–H groups in total. The van der Waals surface area contributed by atoms with Crippen LogP contribution in [0.15, 0.2) is 85.1 Å².